The van der Waals surface area contributed by atoms with E-state index in [1.165, 1.54) is 25.7 Å². The molecule has 0 spiro atoms. The minimum absolute atomic E-state index is 0.101. The number of amides is 2. The molecule has 0 fully saturated rings. The van der Waals surface area contributed by atoms with Crippen LogP contribution in [0.15, 0.2) is 0 Å². The largest absolute Gasteiger partial charge is 0.480 e. The standard InChI is InChI=1S/C11H20N2O4/c1-5-13(11(3,4)10(16)17)9(15)6-7-12-8(2)14/h5-7H2,1-4H3,(H,12,14)(H,16,17). The van der Waals surface area contributed by atoms with Crippen LogP contribution in [0.2, 0.25) is 0 Å². The highest BCUT2D eigenvalue weighted by Crippen LogP contribution is 2.15. The van der Waals surface area contributed by atoms with Crippen LogP contribution >= 0.6 is 0 Å². The average molecular weight is 244 g/mol. The number of hydrogen-bond acceptors (Lipinski definition) is 3. The molecule has 6 heteroatoms. The molecule has 2 amide bonds. The monoisotopic (exact) mass is 244 g/mol. The minimum Gasteiger partial charge on any atom is -0.480 e. The van der Waals surface area contributed by atoms with Crippen LogP contribution in [0, 0.1) is 0 Å². The zero-order valence-electron chi connectivity index (χ0n) is 10.7. The number of likely N-dealkylation sites (N-methyl/N-ethyl adjacent to an activating group) is 1. The Morgan fingerprint density at radius 3 is 2.18 bits per heavy atom. The molecule has 0 aromatic rings. The van der Waals surface area contributed by atoms with Crippen LogP contribution in [0.5, 0.6) is 0 Å². The molecule has 17 heavy (non-hydrogen) atoms. The van der Waals surface area contributed by atoms with Gasteiger partial charge in [-0.2, -0.15) is 0 Å². The van der Waals surface area contributed by atoms with Gasteiger partial charge in [-0.25, -0.2) is 4.79 Å². The zero-order valence-corrected chi connectivity index (χ0v) is 10.7. The number of rotatable bonds is 6. The summed E-state index contributed by atoms with van der Waals surface area (Å²) in [5.41, 5.74) is -1.23. The maximum absolute atomic E-state index is 11.8. The van der Waals surface area contributed by atoms with Crippen molar-refractivity contribution in [2.45, 2.75) is 39.7 Å². The molecule has 0 saturated heterocycles. The van der Waals surface area contributed by atoms with E-state index in [0.29, 0.717) is 6.54 Å². The number of carboxylic acid groups (broad SMARTS) is 1. The van der Waals surface area contributed by atoms with Crippen LogP contribution in [-0.4, -0.2) is 46.4 Å². The summed E-state index contributed by atoms with van der Waals surface area (Å²) < 4.78 is 0. The number of carboxylic acids is 1. The molecule has 0 aromatic carbocycles. The molecule has 0 saturated carbocycles. The Hall–Kier alpha value is -1.59. The molecular weight excluding hydrogens is 224 g/mol. The van der Waals surface area contributed by atoms with Gasteiger partial charge in [-0.05, 0) is 20.8 Å². The number of nitrogens with one attached hydrogen (secondary N) is 1. The van der Waals surface area contributed by atoms with Gasteiger partial charge in [0.1, 0.15) is 5.54 Å². The number of aliphatic carboxylic acids is 1. The fourth-order valence-corrected chi connectivity index (χ4v) is 1.48. The Kier molecular flexibility index (Phi) is 5.64. The Morgan fingerprint density at radius 2 is 1.82 bits per heavy atom. The first-order valence-electron chi connectivity index (χ1n) is 5.51. The molecule has 0 atom stereocenters. The summed E-state index contributed by atoms with van der Waals surface area (Å²) in [6.07, 6.45) is 0.101. The van der Waals surface area contributed by atoms with Crippen molar-refractivity contribution in [1.82, 2.24) is 10.2 Å². The lowest BCUT2D eigenvalue weighted by Gasteiger charge is -2.34. The van der Waals surface area contributed by atoms with E-state index in [1.54, 1.807) is 6.92 Å². The molecule has 0 bridgehead atoms. The van der Waals surface area contributed by atoms with Gasteiger partial charge in [0.2, 0.25) is 11.8 Å². The fraction of sp³-hybridized carbons (Fsp3) is 0.727. The van der Waals surface area contributed by atoms with Crippen molar-refractivity contribution in [3.8, 4) is 0 Å². The van der Waals surface area contributed by atoms with Gasteiger partial charge in [0, 0.05) is 26.4 Å². The second kappa shape index (κ2) is 6.22. The summed E-state index contributed by atoms with van der Waals surface area (Å²) in [7, 11) is 0. The van der Waals surface area contributed by atoms with Crippen LogP contribution in [0.4, 0.5) is 0 Å². The van der Waals surface area contributed by atoms with E-state index in [2.05, 4.69) is 5.32 Å². The topological polar surface area (TPSA) is 86.7 Å². The maximum atomic E-state index is 11.8. The predicted octanol–water partition coefficient (Wildman–Crippen LogP) is 0.224. The summed E-state index contributed by atoms with van der Waals surface area (Å²) in [6, 6.07) is 0. The van der Waals surface area contributed by atoms with Crippen molar-refractivity contribution in [2.24, 2.45) is 0 Å². The van der Waals surface area contributed by atoms with E-state index < -0.39 is 11.5 Å². The minimum atomic E-state index is -1.23. The van der Waals surface area contributed by atoms with Gasteiger partial charge >= 0.3 is 5.97 Å². The van der Waals surface area contributed by atoms with Crippen LogP contribution < -0.4 is 5.32 Å². The number of carbonyl (C=O) groups excluding carboxylic acids is 2. The van der Waals surface area contributed by atoms with Gasteiger partial charge in [0.05, 0.1) is 0 Å². The molecule has 6 nitrogen and oxygen atoms in total. The molecule has 98 valence electrons. The van der Waals surface area contributed by atoms with Crippen molar-refractivity contribution in [3.05, 3.63) is 0 Å². The summed E-state index contributed by atoms with van der Waals surface area (Å²) in [6.45, 7) is 6.59. The van der Waals surface area contributed by atoms with Gasteiger partial charge in [-0.3, -0.25) is 9.59 Å². The van der Waals surface area contributed by atoms with E-state index in [4.69, 9.17) is 5.11 Å². The molecule has 0 unspecified atom stereocenters. The van der Waals surface area contributed by atoms with Crippen LogP contribution in [0.25, 0.3) is 0 Å². The number of carbonyl (C=O) groups is 3. The number of hydrogen-bond donors (Lipinski definition) is 2. The van der Waals surface area contributed by atoms with E-state index in [-0.39, 0.29) is 24.8 Å². The highest BCUT2D eigenvalue weighted by molar-refractivity contribution is 5.86. The first kappa shape index (κ1) is 15.4. The quantitative estimate of drug-likeness (QED) is 0.700. The van der Waals surface area contributed by atoms with Crippen LogP contribution in [0.1, 0.15) is 34.1 Å². The van der Waals surface area contributed by atoms with E-state index in [9.17, 15) is 14.4 Å². The SMILES string of the molecule is CCN(C(=O)CCNC(C)=O)C(C)(C)C(=O)O. The highest BCUT2D eigenvalue weighted by Gasteiger charge is 2.36. The van der Waals surface area contributed by atoms with E-state index in [1.807, 2.05) is 0 Å². The molecule has 0 radical (unpaired) electrons. The fourth-order valence-electron chi connectivity index (χ4n) is 1.48. The number of nitrogens with zero attached hydrogens (tertiary/aromatic N) is 1. The Morgan fingerprint density at radius 1 is 1.29 bits per heavy atom. The van der Waals surface area contributed by atoms with Gasteiger partial charge in [0.15, 0.2) is 0 Å². The Bertz CT molecular complexity index is 313. The Balaban J connectivity index is 4.51. The van der Waals surface area contributed by atoms with Crippen molar-refractivity contribution < 1.29 is 19.5 Å². The zero-order chi connectivity index (χ0) is 13.6. The molecule has 0 aliphatic carbocycles. The van der Waals surface area contributed by atoms with Crippen LogP contribution in [-0.2, 0) is 14.4 Å². The summed E-state index contributed by atoms with van der Waals surface area (Å²) in [5.74, 6) is -1.54. The smallest absolute Gasteiger partial charge is 0.329 e. The summed E-state index contributed by atoms with van der Waals surface area (Å²) in [4.78, 5) is 34.8. The first-order valence-corrected chi connectivity index (χ1v) is 5.51. The molecule has 0 heterocycles. The van der Waals surface area contributed by atoms with E-state index in [0.717, 1.165) is 0 Å². The third-order valence-electron chi connectivity index (χ3n) is 2.53. The molecule has 0 rings (SSSR count). The average Bonchev–Trinajstić information content (AvgIpc) is 2.17. The van der Waals surface area contributed by atoms with Gasteiger partial charge in [-0.15, -0.1) is 0 Å². The van der Waals surface area contributed by atoms with Crippen LogP contribution in [0.3, 0.4) is 0 Å². The molecular formula is C11H20N2O4. The maximum Gasteiger partial charge on any atom is 0.329 e. The molecule has 0 aliphatic rings. The predicted molar refractivity (Wildman–Crippen MR) is 62.4 cm³/mol. The van der Waals surface area contributed by atoms with Gasteiger partial charge in [0.25, 0.3) is 0 Å². The lowest BCUT2D eigenvalue weighted by atomic mass is 10.0. The van der Waals surface area contributed by atoms with Crippen molar-refractivity contribution in [3.63, 3.8) is 0 Å². The second-order valence-corrected chi connectivity index (χ2v) is 4.24. The van der Waals surface area contributed by atoms with Gasteiger partial charge in [-0.1, -0.05) is 0 Å². The first-order chi connectivity index (χ1) is 7.73. The summed E-state index contributed by atoms with van der Waals surface area (Å²) in [5, 5.41) is 11.5. The van der Waals surface area contributed by atoms with Gasteiger partial charge < -0.3 is 15.3 Å². The Labute approximate surface area is 101 Å². The highest BCUT2D eigenvalue weighted by atomic mass is 16.4. The third-order valence-corrected chi connectivity index (χ3v) is 2.53. The van der Waals surface area contributed by atoms with Crippen molar-refractivity contribution in [1.29, 1.82) is 0 Å². The molecule has 0 aromatic heterocycles. The van der Waals surface area contributed by atoms with E-state index >= 15 is 0 Å². The normalized spacial score (nSPS) is 10.8. The third kappa shape index (κ3) is 4.42. The van der Waals surface area contributed by atoms with Crippen molar-refractivity contribution in [2.75, 3.05) is 13.1 Å². The lowest BCUT2D eigenvalue weighted by Crippen LogP contribution is -2.53. The second-order valence-electron chi connectivity index (χ2n) is 4.24. The summed E-state index contributed by atoms with van der Waals surface area (Å²) >= 11 is 0. The molecule has 2 N–H and O–H groups in total. The lowest BCUT2D eigenvalue weighted by molar-refractivity contribution is -0.156. The van der Waals surface area contributed by atoms with Crippen molar-refractivity contribution >= 4 is 17.8 Å². The molecule has 0 aliphatic heterocycles.